The van der Waals surface area contributed by atoms with Gasteiger partial charge in [-0.3, -0.25) is 14.4 Å². The lowest BCUT2D eigenvalue weighted by Crippen LogP contribution is -2.61. The standard InChI is InChI=1S/C34H46N4O4S/c39-31(11-10-29-9-6-22-43-29)37-34(16-4-5-17-34)33(41)36-30(23-26-7-2-1-3-8-26)32(40)35-24-27-12-18-38(19-13-27)25-28-14-20-42-21-15-28/h1-3,6-11,22,27-28,30H,4-5,12-21,23-25H2,(H,35,40)(H,36,41)(H,37,39)/b11-10+/t30-/m1/s1. The number of benzene rings is 1. The van der Waals surface area contributed by atoms with Crippen molar-refractivity contribution in [2.75, 3.05) is 39.4 Å². The van der Waals surface area contributed by atoms with E-state index in [0.717, 1.165) is 87.7 Å². The van der Waals surface area contributed by atoms with E-state index in [1.807, 2.05) is 47.8 Å². The Morgan fingerprint density at radius 3 is 2.42 bits per heavy atom. The molecule has 5 rings (SSSR count). The molecule has 3 N–H and O–H groups in total. The predicted octanol–water partition coefficient (Wildman–Crippen LogP) is 4.17. The Labute approximate surface area is 259 Å². The topological polar surface area (TPSA) is 99.8 Å². The van der Waals surface area contributed by atoms with Gasteiger partial charge in [-0.2, -0.15) is 0 Å². The van der Waals surface area contributed by atoms with Crippen LogP contribution in [0.3, 0.4) is 0 Å². The molecule has 1 aromatic heterocycles. The SMILES string of the molecule is O=C(/C=C/c1cccs1)NC1(C(=O)N[C@H](Cc2ccccc2)C(=O)NCC2CCN(CC3CCOCC3)CC2)CCCC1. The smallest absolute Gasteiger partial charge is 0.246 e. The Balaban J connectivity index is 1.17. The Kier molecular flexibility index (Phi) is 11.4. The van der Waals surface area contributed by atoms with Crippen LogP contribution in [0.15, 0.2) is 53.9 Å². The summed E-state index contributed by atoms with van der Waals surface area (Å²) < 4.78 is 5.51. The van der Waals surface area contributed by atoms with Crippen LogP contribution in [0, 0.1) is 11.8 Å². The lowest BCUT2D eigenvalue weighted by Gasteiger charge is -2.35. The number of likely N-dealkylation sites (tertiary alicyclic amines) is 1. The van der Waals surface area contributed by atoms with Gasteiger partial charge in [0.15, 0.2) is 0 Å². The fourth-order valence-electron chi connectivity index (χ4n) is 6.60. The van der Waals surface area contributed by atoms with Crippen LogP contribution in [-0.4, -0.2) is 73.6 Å². The summed E-state index contributed by atoms with van der Waals surface area (Å²) in [5.74, 6) is 0.424. The van der Waals surface area contributed by atoms with Gasteiger partial charge in [0.25, 0.3) is 0 Å². The summed E-state index contributed by atoms with van der Waals surface area (Å²) in [5.41, 5.74) is -0.0311. The molecule has 1 saturated carbocycles. The highest BCUT2D eigenvalue weighted by atomic mass is 32.1. The first kappa shape index (κ1) is 31.4. The molecule has 1 aromatic carbocycles. The quantitative estimate of drug-likeness (QED) is 0.315. The molecule has 8 nitrogen and oxygen atoms in total. The lowest BCUT2D eigenvalue weighted by atomic mass is 9.93. The Hall–Kier alpha value is -3.01. The van der Waals surface area contributed by atoms with Gasteiger partial charge < -0.3 is 25.6 Å². The number of nitrogens with zero attached hydrogens (tertiary/aromatic N) is 1. The molecule has 1 atom stereocenters. The first-order valence-corrected chi connectivity index (χ1v) is 16.8. The second-order valence-corrected chi connectivity index (χ2v) is 13.4. The summed E-state index contributed by atoms with van der Waals surface area (Å²) in [4.78, 5) is 43.8. The number of amides is 3. The molecular formula is C34H46N4O4S. The summed E-state index contributed by atoms with van der Waals surface area (Å²) in [6, 6.07) is 12.9. The monoisotopic (exact) mass is 606 g/mol. The minimum atomic E-state index is -1.01. The molecule has 3 amide bonds. The van der Waals surface area contributed by atoms with E-state index in [4.69, 9.17) is 4.74 Å². The number of thiophene rings is 1. The van der Waals surface area contributed by atoms with Crippen molar-refractivity contribution in [3.8, 4) is 0 Å². The normalized spacial score (nSPS) is 20.6. The molecule has 0 unspecified atom stereocenters. The molecule has 9 heteroatoms. The van der Waals surface area contributed by atoms with Crippen molar-refractivity contribution >= 4 is 35.1 Å². The highest BCUT2D eigenvalue weighted by Gasteiger charge is 2.43. The maximum Gasteiger partial charge on any atom is 0.246 e. The summed E-state index contributed by atoms with van der Waals surface area (Å²) in [6.45, 7) is 5.65. The fraction of sp³-hybridized carbons (Fsp3) is 0.559. The largest absolute Gasteiger partial charge is 0.381 e. The maximum atomic E-state index is 13.8. The summed E-state index contributed by atoms with van der Waals surface area (Å²) in [6.07, 6.45) is 10.9. The van der Waals surface area contributed by atoms with Crippen LogP contribution in [-0.2, 0) is 25.5 Å². The number of carbonyl (C=O) groups is 3. The van der Waals surface area contributed by atoms with Crippen molar-refractivity contribution in [3.05, 3.63) is 64.4 Å². The lowest BCUT2D eigenvalue weighted by molar-refractivity contribution is -0.135. The van der Waals surface area contributed by atoms with Gasteiger partial charge in [-0.25, -0.2) is 0 Å². The van der Waals surface area contributed by atoms with Crippen LogP contribution >= 0.6 is 11.3 Å². The van der Waals surface area contributed by atoms with Crippen molar-refractivity contribution in [3.63, 3.8) is 0 Å². The van der Waals surface area contributed by atoms with Crippen molar-refractivity contribution in [2.45, 2.75) is 69.4 Å². The van der Waals surface area contributed by atoms with E-state index in [0.29, 0.717) is 31.7 Å². The molecule has 2 saturated heterocycles. The van der Waals surface area contributed by atoms with Crippen LogP contribution in [0.1, 0.15) is 61.8 Å². The van der Waals surface area contributed by atoms with E-state index in [1.165, 1.54) is 6.08 Å². The number of rotatable bonds is 12. The van der Waals surface area contributed by atoms with Crippen molar-refractivity contribution in [2.24, 2.45) is 11.8 Å². The van der Waals surface area contributed by atoms with Crippen LogP contribution in [0.4, 0.5) is 0 Å². The number of hydrogen-bond donors (Lipinski definition) is 3. The Morgan fingerprint density at radius 2 is 1.72 bits per heavy atom. The zero-order valence-corrected chi connectivity index (χ0v) is 25.9. The van der Waals surface area contributed by atoms with Gasteiger partial charge in [0.2, 0.25) is 17.7 Å². The third kappa shape index (κ3) is 9.24. The van der Waals surface area contributed by atoms with E-state index in [1.54, 1.807) is 17.4 Å². The minimum Gasteiger partial charge on any atom is -0.381 e. The minimum absolute atomic E-state index is 0.168. The van der Waals surface area contributed by atoms with Crippen molar-refractivity contribution < 1.29 is 19.1 Å². The summed E-state index contributed by atoms with van der Waals surface area (Å²) >= 11 is 1.55. The molecule has 0 bridgehead atoms. The predicted molar refractivity (Wildman–Crippen MR) is 170 cm³/mol. The second kappa shape index (κ2) is 15.6. The molecule has 0 spiro atoms. The highest BCUT2D eigenvalue weighted by molar-refractivity contribution is 7.10. The van der Waals surface area contributed by atoms with Gasteiger partial charge >= 0.3 is 0 Å². The summed E-state index contributed by atoms with van der Waals surface area (Å²) in [7, 11) is 0. The maximum absolute atomic E-state index is 13.8. The average Bonchev–Trinajstić information content (AvgIpc) is 3.74. The van der Waals surface area contributed by atoms with Gasteiger partial charge in [0, 0.05) is 43.7 Å². The highest BCUT2D eigenvalue weighted by Crippen LogP contribution is 2.30. The van der Waals surface area contributed by atoms with E-state index < -0.39 is 11.6 Å². The third-order valence-corrected chi connectivity index (χ3v) is 10.1. The number of nitrogens with one attached hydrogen (secondary N) is 3. The average molecular weight is 607 g/mol. The molecule has 3 heterocycles. The molecule has 232 valence electrons. The van der Waals surface area contributed by atoms with Crippen molar-refractivity contribution in [1.29, 1.82) is 0 Å². The molecule has 3 fully saturated rings. The van der Waals surface area contributed by atoms with Crippen molar-refractivity contribution in [1.82, 2.24) is 20.9 Å². The van der Waals surface area contributed by atoms with Gasteiger partial charge in [-0.05, 0) is 86.5 Å². The van der Waals surface area contributed by atoms with E-state index >= 15 is 0 Å². The van der Waals surface area contributed by atoms with Gasteiger partial charge in [-0.15, -0.1) is 11.3 Å². The number of piperidine rings is 1. The van der Waals surface area contributed by atoms with E-state index in [9.17, 15) is 14.4 Å². The van der Waals surface area contributed by atoms with Gasteiger partial charge in [0.1, 0.15) is 11.6 Å². The van der Waals surface area contributed by atoms with Crippen LogP contribution in [0.2, 0.25) is 0 Å². The first-order valence-electron chi connectivity index (χ1n) is 16.0. The molecule has 2 aromatic rings. The third-order valence-electron chi connectivity index (χ3n) is 9.23. The van der Waals surface area contributed by atoms with Gasteiger partial charge in [0.05, 0.1) is 0 Å². The molecular weight excluding hydrogens is 560 g/mol. The second-order valence-electron chi connectivity index (χ2n) is 12.4. The Bertz CT molecular complexity index is 1200. The van der Waals surface area contributed by atoms with Gasteiger partial charge in [-0.1, -0.05) is 49.2 Å². The number of ether oxygens (including phenoxy) is 1. The zero-order chi connectivity index (χ0) is 29.9. The Morgan fingerprint density at radius 1 is 0.977 bits per heavy atom. The number of hydrogen-bond acceptors (Lipinski definition) is 6. The first-order chi connectivity index (χ1) is 21.0. The van der Waals surface area contributed by atoms with E-state index in [2.05, 4.69) is 20.9 Å². The number of carbonyl (C=O) groups excluding carboxylic acids is 3. The van der Waals surface area contributed by atoms with Crippen LogP contribution in [0.5, 0.6) is 0 Å². The van der Waals surface area contributed by atoms with Crippen LogP contribution in [0.25, 0.3) is 6.08 Å². The van der Waals surface area contributed by atoms with E-state index in [-0.39, 0.29) is 17.7 Å². The summed E-state index contributed by atoms with van der Waals surface area (Å²) in [5, 5.41) is 11.2. The van der Waals surface area contributed by atoms with Crippen LogP contribution < -0.4 is 16.0 Å². The molecule has 3 aliphatic rings. The molecule has 1 aliphatic carbocycles. The zero-order valence-electron chi connectivity index (χ0n) is 25.1. The molecule has 0 radical (unpaired) electrons. The fourth-order valence-corrected chi connectivity index (χ4v) is 7.22. The molecule has 43 heavy (non-hydrogen) atoms. The molecule has 2 aliphatic heterocycles.